The Bertz CT molecular complexity index is 839. The molecule has 0 saturated carbocycles. The van der Waals surface area contributed by atoms with Gasteiger partial charge >= 0.3 is 6.03 Å². The van der Waals surface area contributed by atoms with E-state index in [0.29, 0.717) is 24.6 Å². The second kappa shape index (κ2) is 9.35. The third-order valence-electron chi connectivity index (χ3n) is 3.95. The highest BCUT2D eigenvalue weighted by atomic mass is 16.5. The van der Waals surface area contributed by atoms with Crippen LogP contribution in [0.15, 0.2) is 79.1 Å². The number of aromatic nitrogens is 1. The number of nitrogens with one attached hydrogen (secondary N) is 2. The Hall–Kier alpha value is -3.38. The van der Waals surface area contributed by atoms with Crippen molar-refractivity contribution in [2.45, 2.75) is 12.6 Å². The Morgan fingerprint density at radius 1 is 1.04 bits per heavy atom. The highest BCUT2D eigenvalue weighted by Gasteiger charge is 2.07. The number of urea groups is 1. The fraction of sp³-hybridized carbons (Fsp3) is 0.143. The topological polar surface area (TPSA) is 89.3 Å². The van der Waals surface area contributed by atoms with Gasteiger partial charge in [0.1, 0.15) is 12.4 Å². The summed E-state index contributed by atoms with van der Waals surface area (Å²) in [6, 6.07) is 20.2. The van der Waals surface area contributed by atoms with Gasteiger partial charge in [0.2, 0.25) is 0 Å². The van der Waals surface area contributed by atoms with Crippen LogP contribution in [-0.2, 0) is 6.54 Å². The summed E-state index contributed by atoms with van der Waals surface area (Å²) in [5.74, 6) is 0.697. The van der Waals surface area contributed by atoms with Gasteiger partial charge in [0.15, 0.2) is 0 Å². The molecule has 0 radical (unpaired) electrons. The summed E-state index contributed by atoms with van der Waals surface area (Å²) in [6.45, 7) is 0.792. The van der Waals surface area contributed by atoms with Crippen molar-refractivity contribution in [3.8, 4) is 5.75 Å². The molecule has 4 N–H and O–H groups in total. The lowest BCUT2D eigenvalue weighted by Gasteiger charge is -2.14. The number of hydrogen-bond acceptors (Lipinski definition) is 4. The lowest BCUT2D eigenvalue weighted by Crippen LogP contribution is -2.28. The molecule has 138 valence electrons. The van der Waals surface area contributed by atoms with Crippen LogP contribution in [0.1, 0.15) is 17.2 Å². The first-order valence-corrected chi connectivity index (χ1v) is 8.68. The van der Waals surface area contributed by atoms with Crippen molar-refractivity contribution in [2.24, 2.45) is 5.73 Å². The molecule has 1 atom stereocenters. The lowest BCUT2D eigenvalue weighted by molar-refractivity contribution is 0.251. The van der Waals surface area contributed by atoms with Crippen LogP contribution < -0.4 is 21.1 Å². The monoisotopic (exact) mass is 362 g/mol. The molecule has 6 nitrogen and oxygen atoms in total. The highest BCUT2D eigenvalue weighted by Crippen LogP contribution is 2.18. The molecule has 27 heavy (non-hydrogen) atoms. The molecule has 0 spiro atoms. The zero-order chi connectivity index (χ0) is 18.9. The van der Waals surface area contributed by atoms with Crippen LogP contribution >= 0.6 is 0 Å². The molecule has 2 amide bonds. The summed E-state index contributed by atoms with van der Waals surface area (Å²) in [5, 5.41) is 5.56. The summed E-state index contributed by atoms with van der Waals surface area (Å²) < 4.78 is 5.73. The van der Waals surface area contributed by atoms with E-state index < -0.39 is 0 Å². The first kappa shape index (κ1) is 18.4. The van der Waals surface area contributed by atoms with Gasteiger partial charge in [0.05, 0.1) is 6.04 Å². The number of carbonyl (C=O) groups excluding carboxylic acids is 1. The van der Waals surface area contributed by atoms with Gasteiger partial charge < -0.3 is 21.1 Å². The van der Waals surface area contributed by atoms with E-state index in [1.54, 1.807) is 36.7 Å². The Balaban J connectivity index is 1.45. The minimum atomic E-state index is -0.279. The molecule has 0 unspecified atom stereocenters. The maximum Gasteiger partial charge on any atom is 0.319 e. The van der Waals surface area contributed by atoms with Crippen LogP contribution in [0.25, 0.3) is 0 Å². The smallest absolute Gasteiger partial charge is 0.319 e. The number of pyridine rings is 1. The van der Waals surface area contributed by atoms with E-state index in [9.17, 15) is 4.79 Å². The molecule has 2 aromatic carbocycles. The predicted molar refractivity (Wildman–Crippen MR) is 105 cm³/mol. The number of anilines is 1. The van der Waals surface area contributed by atoms with Gasteiger partial charge in [-0.25, -0.2) is 4.79 Å². The van der Waals surface area contributed by atoms with Gasteiger partial charge in [0.25, 0.3) is 0 Å². The third-order valence-corrected chi connectivity index (χ3v) is 3.95. The van der Waals surface area contributed by atoms with Gasteiger partial charge in [-0.05, 0) is 41.5 Å². The van der Waals surface area contributed by atoms with E-state index in [1.165, 1.54) is 0 Å². The fourth-order valence-corrected chi connectivity index (χ4v) is 2.48. The zero-order valence-corrected chi connectivity index (χ0v) is 14.8. The number of rotatable bonds is 7. The molecule has 6 heteroatoms. The molecule has 0 aliphatic heterocycles. The maximum absolute atomic E-state index is 12.0. The minimum absolute atomic E-state index is 0.192. The lowest BCUT2D eigenvalue weighted by atomic mass is 10.1. The standard InChI is InChI=1S/C21H22N4O2/c22-20(17-6-2-1-3-7-17)15-27-19-10-8-18(9-11-19)25-21(26)24-14-16-5-4-12-23-13-16/h1-13,20H,14-15,22H2,(H2,24,25,26)/t20-/m0/s1. The molecule has 3 aromatic rings. The summed E-state index contributed by atoms with van der Waals surface area (Å²) in [5.41, 5.74) is 8.77. The molecule has 3 rings (SSSR count). The summed E-state index contributed by atoms with van der Waals surface area (Å²) in [6.07, 6.45) is 3.41. The number of carbonyl (C=O) groups is 1. The first-order valence-electron chi connectivity index (χ1n) is 8.68. The van der Waals surface area contributed by atoms with Gasteiger partial charge in [-0.15, -0.1) is 0 Å². The van der Waals surface area contributed by atoms with Crippen molar-refractivity contribution < 1.29 is 9.53 Å². The number of nitrogens with zero attached hydrogens (tertiary/aromatic N) is 1. The van der Waals surface area contributed by atoms with Crippen LogP contribution in [0.3, 0.4) is 0 Å². The van der Waals surface area contributed by atoms with Crippen LogP contribution in [0.4, 0.5) is 10.5 Å². The molecule has 0 aliphatic carbocycles. The molecular formula is C21H22N4O2. The van der Waals surface area contributed by atoms with E-state index in [2.05, 4.69) is 15.6 Å². The van der Waals surface area contributed by atoms with Gasteiger partial charge in [-0.3, -0.25) is 4.98 Å². The van der Waals surface area contributed by atoms with E-state index in [0.717, 1.165) is 11.1 Å². The van der Waals surface area contributed by atoms with Crippen molar-refractivity contribution in [1.82, 2.24) is 10.3 Å². The number of ether oxygens (including phenoxy) is 1. The van der Waals surface area contributed by atoms with Gasteiger partial charge in [0, 0.05) is 24.6 Å². The quantitative estimate of drug-likeness (QED) is 0.600. The number of hydrogen-bond donors (Lipinski definition) is 3. The fourth-order valence-electron chi connectivity index (χ4n) is 2.48. The van der Waals surface area contributed by atoms with Crippen molar-refractivity contribution in [3.63, 3.8) is 0 Å². The Kier molecular flexibility index (Phi) is 6.38. The molecule has 0 aliphatic rings. The predicted octanol–water partition coefficient (Wildman–Crippen LogP) is 3.48. The zero-order valence-electron chi connectivity index (χ0n) is 14.8. The van der Waals surface area contributed by atoms with Crippen LogP contribution in [0.5, 0.6) is 5.75 Å². The Labute approximate surface area is 158 Å². The van der Waals surface area contributed by atoms with E-state index in [4.69, 9.17) is 10.5 Å². The van der Waals surface area contributed by atoms with Crippen molar-refractivity contribution >= 4 is 11.7 Å². The number of amides is 2. The SMILES string of the molecule is N[C@@H](COc1ccc(NC(=O)NCc2cccnc2)cc1)c1ccccc1. The number of benzene rings is 2. The molecule has 0 saturated heterocycles. The average Bonchev–Trinajstić information content (AvgIpc) is 2.73. The van der Waals surface area contributed by atoms with Crippen molar-refractivity contribution in [1.29, 1.82) is 0 Å². The molecule has 0 bridgehead atoms. The first-order chi connectivity index (χ1) is 13.2. The molecular weight excluding hydrogens is 340 g/mol. The van der Waals surface area contributed by atoms with E-state index in [1.807, 2.05) is 42.5 Å². The third kappa shape index (κ3) is 5.83. The van der Waals surface area contributed by atoms with Crippen LogP contribution in [-0.4, -0.2) is 17.6 Å². The van der Waals surface area contributed by atoms with Crippen molar-refractivity contribution in [2.75, 3.05) is 11.9 Å². The second-order valence-corrected chi connectivity index (χ2v) is 6.02. The van der Waals surface area contributed by atoms with Crippen molar-refractivity contribution in [3.05, 3.63) is 90.3 Å². The van der Waals surface area contributed by atoms with E-state index in [-0.39, 0.29) is 12.1 Å². The largest absolute Gasteiger partial charge is 0.492 e. The molecule has 1 aromatic heterocycles. The second-order valence-electron chi connectivity index (χ2n) is 6.02. The minimum Gasteiger partial charge on any atom is -0.492 e. The Morgan fingerprint density at radius 2 is 1.81 bits per heavy atom. The Morgan fingerprint density at radius 3 is 2.52 bits per heavy atom. The van der Waals surface area contributed by atoms with Gasteiger partial charge in [-0.1, -0.05) is 36.4 Å². The average molecular weight is 362 g/mol. The summed E-state index contributed by atoms with van der Waals surface area (Å²) in [4.78, 5) is 16.0. The van der Waals surface area contributed by atoms with Crippen LogP contribution in [0, 0.1) is 0 Å². The summed E-state index contributed by atoms with van der Waals surface area (Å²) in [7, 11) is 0. The highest BCUT2D eigenvalue weighted by molar-refractivity contribution is 5.89. The maximum atomic E-state index is 12.0. The normalized spacial score (nSPS) is 11.4. The molecule has 1 heterocycles. The van der Waals surface area contributed by atoms with E-state index >= 15 is 0 Å². The molecule has 0 fully saturated rings. The van der Waals surface area contributed by atoms with Gasteiger partial charge in [-0.2, -0.15) is 0 Å². The summed E-state index contributed by atoms with van der Waals surface area (Å²) >= 11 is 0. The van der Waals surface area contributed by atoms with Crippen LogP contribution in [0.2, 0.25) is 0 Å². The number of nitrogens with two attached hydrogens (primary N) is 1.